The molecule has 0 amide bonds. The first-order valence-electron chi connectivity index (χ1n) is 7.71. The molecule has 0 atom stereocenters. The fourth-order valence-corrected chi connectivity index (χ4v) is 5.25. The Hall–Kier alpha value is -2.04. The largest absolute Gasteiger partial charge is 0.345 e. The van der Waals surface area contributed by atoms with Crippen molar-refractivity contribution in [3.63, 3.8) is 0 Å². The Morgan fingerprint density at radius 3 is 2.44 bits per heavy atom. The molecule has 2 aromatic rings. The molecule has 1 saturated heterocycles. The first-order chi connectivity index (χ1) is 11.8. The van der Waals surface area contributed by atoms with Crippen molar-refractivity contribution in [2.24, 2.45) is 0 Å². The maximum atomic E-state index is 13.0. The topological polar surface area (TPSA) is 96.6 Å². The van der Waals surface area contributed by atoms with Crippen molar-refractivity contribution in [3.8, 4) is 0 Å². The molecule has 10 heteroatoms. The highest BCUT2D eigenvalue weighted by atomic mass is 32.2. The number of non-ortho nitro benzene ring substituents is 1. The van der Waals surface area contributed by atoms with Crippen LogP contribution in [0.25, 0.3) is 0 Å². The minimum absolute atomic E-state index is 0.0156. The van der Waals surface area contributed by atoms with E-state index in [0.717, 1.165) is 11.2 Å². The molecule has 134 valence electrons. The molecule has 0 N–H and O–H groups in total. The quantitative estimate of drug-likeness (QED) is 0.594. The lowest BCUT2D eigenvalue weighted by atomic mass is 10.1. The summed E-state index contributed by atoms with van der Waals surface area (Å²) in [5.41, 5.74) is 0.935. The van der Waals surface area contributed by atoms with Crippen molar-refractivity contribution >= 4 is 32.2 Å². The van der Waals surface area contributed by atoms with Gasteiger partial charge >= 0.3 is 0 Å². The second kappa shape index (κ2) is 6.70. The molecule has 1 aromatic carbocycles. The van der Waals surface area contributed by atoms with Crippen molar-refractivity contribution < 1.29 is 13.3 Å². The number of aryl methyl sites for hydroxylation is 1. The highest BCUT2D eigenvalue weighted by Crippen LogP contribution is 2.29. The summed E-state index contributed by atoms with van der Waals surface area (Å²) in [6, 6.07) is 2.56. The zero-order chi connectivity index (χ0) is 18.2. The van der Waals surface area contributed by atoms with Gasteiger partial charge in [0, 0.05) is 49.9 Å². The average molecular weight is 382 g/mol. The predicted molar refractivity (Wildman–Crippen MR) is 95.7 cm³/mol. The van der Waals surface area contributed by atoms with Crippen molar-refractivity contribution in [2.75, 3.05) is 31.1 Å². The summed E-state index contributed by atoms with van der Waals surface area (Å²) in [6.45, 7) is 5.09. The molecule has 2 heterocycles. The molecule has 0 radical (unpaired) electrons. The smallest absolute Gasteiger partial charge is 0.271 e. The summed E-state index contributed by atoms with van der Waals surface area (Å²) in [4.78, 5) is 16.8. The normalized spacial score (nSPS) is 16.2. The molecule has 1 aliphatic heterocycles. The van der Waals surface area contributed by atoms with E-state index in [2.05, 4.69) is 4.98 Å². The number of sulfonamides is 1. The van der Waals surface area contributed by atoms with Crippen LogP contribution >= 0.6 is 11.3 Å². The molecule has 1 aromatic heterocycles. The van der Waals surface area contributed by atoms with Gasteiger partial charge in [-0.15, -0.1) is 11.3 Å². The van der Waals surface area contributed by atoms with Crippen LogP contribution in [-0.2, 0) is 10.0 Å². The number of benzene rings is 1. The molecule has 0 unspecified atom stereocenters. The number of hydrogen-bond donors (Lipinski definition) is 0. The molecule has 0 aliphatic carbocycles. The summed E-state index contributed by atoms with van der Waals surface area (Å²) in [7, 11) is -3.78. The summed E-state index contributed by atoms with van der Waals surface area (Å²) in [5.74, 6) is 0. The first kappa shape index (κ1) is 17.8. The fourth-order valence-electron chi connectivity index (χ4n) is 2.81. The Labute approximate surface area is 149 Å². The molecule has 1 fully saturated rings. The zero-order valence-electron chi connectivity index (χ0n) is 13.9. The first-order valence-corrected chi connectivity index (χ1v) is 10.0. The third kappa shape index (κ3) is 3.37. The van der Waals surface area contributed by atoms with E-state index in [0.29, 0.717) is 37.3 Å². The molecule has 3 rings (SSSR count). The number of anilines is 1. The molecular weight excluding hydrogens is 364 g/mol. The number of nitro groups is 1. The maximum absolute atomic E-state index is 13.0. The van der Waals surface area contributed by atoms with E-state index in [1.807, 2.05) is 10.3 Å². The van der Waals surface area contributed by atoms with Gasteiger partial charge in [-0.2, -0.15) is 4.31 Å². The monoisotopic (exact) mass is 382 g/mol. The minimum Gasteiger partial charge on any atom is -0.345 e. The Balaban J connectivity index is 1.87. The summed E-state index contributed by atoms with van der Waals surface area (Å²) < 4.78 is 27.4. The van der Waals surface area contributed by atoms with Gasteiger partial charge in [-0.25, -0.2) is 13.4 Å². The van der Waals surface area contributed by atoms with Crippen molar-refractivity contribution in [1.29, 1.82) is 0 Å². The number of thiazole rings is 1. The highest BCUT2D eigenvalue weighted by molar-refractivity contribution is 7.89. The predicted octanol–water partition coefficient (Wildman–Crippen LogP) is 2.18. The van der Waals surface area contributed by atoms with Crippen molar-refractivity contribution in [2.45, 2.75) is 18.7 Å². The minimum atomic E-state index is -3.78. The number of hydrogen-bond acceptors (Lipinski definition) is 7. The lowest BCUT2D eigenvalue weighted by Crippen LogP contribution is -2.48. The number of nitrogens with zero attached hydrogens (tertiary/aromatic N) is 4. The number of nitro benzene ring substituents is 1. The van der Waals surface area contributed by atoms with Crippen LogP contribution in [0.15, 0.2) is 28.6 Å². The third-order valence-corrected chi connectivity index (χ3v) is 7.22. The SMILES string of the molecule is Cc1cc([N+](=O)[O-])cc(S(=O)(=O)N2CCN(c3nccs3)CC2)c1C. The van der Waals surface area contributed by atoms with Crippen LogP contribution < -0.4 is 4.90 Å². The average Bonchev–Trinajstić information content (AvgIpc) is 3.11. The van der Waals surface area contributed by atoms with Crippen LogP contribution in [0, 0.1) is 24.0 Å². The van der Waals surface area contributed by atoms with E-state index in [1.54, 1.807) is 20.0 Å². The van der Waals surface area contributed by atoms with E-state index in [1.165, 1.54) is 21.7 Å². The van der Waals surface area contributed by atoms with E-state index in [-0.39, 0.29) is 10.6 Å². The van der Waals surface area contributed by atoms with Crippen molar-refractivity contribution in [3.05, 3.63) is 45.0 Å². The Morgan fingerprint density at radius 1 is 1.20 bits per heavy atom. The molecule has 8 nitrogen and oxygen atoms in total. The third-order valence-electron chi connectivity index (χ3n) is 4.36. The Bertz CT molecular complexity index is 889. The van der Waals surface area contributed by atoms with Crippen LogP contribution in [0.3, 0.4) is 0 Å². The van der Waals surface area contributed by atoms with Crippen LogP contribution in [0.5, 0.6) is 0 Å². The molecule has 1 aliphatic rings. The second-order valence-corrected chi connectivity index (χ2v) is 8.63. The molecule has 25 heavy (non-hydrogen) atoms. The van der Waals surface area contributed by atoms with Gasteiger partial charge in [0.2, 0.25) is 10.0 Å². The Kier molecular flexibility index (Phi) is 4.76. The van der Waals surface area contributed by atoms with Gasteiger partial charge in [-0.05, 0) is 25.0 Å². The van der Waals surface area contributed by atoms with Gasteiger partial charge in [-0.1, -0.05) is 0 Å². The van der Waals surface area contributed by atoms with E-state index >= 15 is 0 Å². The van der Waals surface area contributed by atoms with Crippen LogP contribution in [0.2, 0.25) is 0 Å². The van der Waals surface area contributed by atoms with Gasteiger partial charge in [-0.3, -0.25) is 10.1 Å². The zero-order valence-corrected chi connectivity index (χ0v) is 15.5. The Morgan fingerprint density at radius 2 is 1.88 bits per heavy atom. The molecule has 0 saturated carbocycles. The standard InChI is InChI=1S/C15H18N4O4S2/c1-11-9-13(19(20)21)10-14(12(11)2)25(22,23)18-6-4-17(5-7-18)15-16-3-8-24-15/h3,8-10H,4-7H2,1-2H3. The van der Waals surface area contributed by atoms with Crippen LogP contribution in [-0.4, -0.2) is 48.8 Å². The molecule has 0 spiro atoms. The van der Waals surface area contributed by atoms with E-state index in [4.69, 9.17) is 0 Å². The van der Waals surface area contributed by atoms with Gasteiger partial charge in [0.05, 0.1) is 9.82 Å². The summed E-state index contributed by atoms with van der Waals surface area (Å²) in [6.07, 6.45) is 1.72. The number of piperazine rings is 1. The lowest BCUT2D eigenvalue weighted by Gasteiger charge is -2.34. The second-order valence-electron chi connectivity index (χ2n) is 5.85. The maximum Gasteiger partial charge on any atom is 0.271 e. The van der Waals surface area contributed by atoms with E-state index < -0.39 is 14.9 Å². The van der Waals surface area contributed by atoms with Gasteiger partial charge in [0.1, 0.15) is 0 Å². The molecule has 0 bridgehead atoms. The van der Waals surface area contributed by atoms with Gasteiger partial charge in [0.15, 0.2) is 5.13 Å². The lowest BCUT2D eigenvalue weighted by molar-refractivity contribution is -0.385. The number of aromatic nitrogens is 1. The highest BCUT2D eigenvalue weighted by Gasteiger charge is 2.32. The van der Waals surface area contributed by atoms with E-state index in [9.17, 15) is 18.5 Å². The van der Waals surface area contributed by atoms with Crippen LogP contribution in [0.1, 0.15) is 11.1 Å². The van der Waals surface area contributed by atoms with Crippen molar-refractivity contribution in [1.82, 2.24) is 9.29 Å². The summed E-state index contributed by atoms with van der Waals surface area (Å²) >= 11 is 1.52. The fraction of sp³-hybridized carbons (Fsp3) is 0.400. The van der Waals surface area contributed by atoms with Gasteiger partial charge < -0.3 is 4.90 Å². The van der Waals surface area contributed by atoms with Gasteiger partial charge in [0.25, 0.3) is 5.69 Å². The van der Waals surface area contributed by atoms with Crippen LogP contribution in [0.4, 0.5) is 10.8 Å². The number of rotatable bonds is 4. The summed E-state index contributed by atoms with van der Waals surface area (Å²) in [5, 5.41) is 13.8. The molecular formula is C15H18N4O4S2.